The van der Waals surface area contributed by atoms with Gasteiger partial charge in [0.05, 0.1) is 23.8 Å². The Morgan fingerprint density at radius 3 is 2.90 bits per heavy atom. The number of hydrazine groups is 1. The number of fused-ring (bicyclic) bond motifs is 3. The van der Waals surface area contributed by atoms with Gasteiger partial charge in [0.15, 0.2) is 0 Å². The first kappa shape index (κ1) is 13.2. The summed E-state index contributed by atoms with van der Waals surface area (Å²) in [6, 6.07) is 10.8. The summed E-state index contributed by atoms with van der Waals surface area (Å²) in [5.41, 5.74) is 6.34. The second kappa shape index (κ2) is 5.05. The van der Waals surface area contributed by atoms with Crippen LogP contribution in [0.4, 0.5) is 0 Å². The number of ether oxygens (including phenoxy) is 1. The Balaban J connectivity index is 1.68. The smallest absolute Gasteiger partial charge is 0.0705 e. The van der Waals surface area contributed by atoms with Gasteiger partial charge >= 0.3 is 0 Å². The van der Waals surface area contributed by atoms with Gasteiger partial charge in [-0.25, -0.2) is 0 Å². The van der Waals surface area contributed by atoms with Crippen molar-refractivity contribution in [2.75, 3.05) is 0 Å². The minimum atomic E-state index is 0.158. The van der Waals surface area contributed by atoms with Gasteiger partial charge in [-0.2, -0.15) is 0 Å². The first-order valence-electron chi connectivity index (χ1n) is 7.73. The average molecular weight is 283 g/mol. The van der Waals surface area contributed by atoms with Gasteiger partial charge in [-0.1, -0.05) is 12.1 Å². The molecule has 1 aromatic carbocycles. The van der Waals surface area contributed by atoms with Gasteiger partial charge in [-0.15, -0.1) is 0 Å². The first-order chi connectivity index (χ1) is 10.2. The zero-order chi connectivity index (χ0) is 14.4. The maximum atomic E-state index is 5.98. The molecule has 4 atom stereocenters. The van der Waals surface area contributed by atoms with E-state index in [-0.39, 0.29) is 6.04 Å². The van der Waals surface area contributed by atoms with Crippen LogP contribution < -0.4 is 11.3 Å². The van der Waals surface area contributed by atoms with Crippen LogP contribution >= 0.6 is 0 Å². The number of nitrogens with two attached hydrogens (primary N) is 1. The van der Waals surface area contributed by atoms with Crippen molar-refractivity contribution in [2.45, 2.75) is 44.4 Å². The van der Waals surface area contributed by atoms with E-state index in [1.54, 1.807) is 0 Å². The van der Waals surface area contributed by atoms with Crippen molar-refractivity contribution in [2.24, 2.45) is 11.8 Å². The highest BCUT2D eigenvalue weighted by Crippen LogP contribution is 2.44. The van der Waals surface area contributed by atoms with Crippen LogP contribution in [0.15, 0.2) is 30.3 Å². The molecule has 2 fully saturated rings. The van der Waals surface area contributed by atoms with Gasteiger partial charge < -0.3 is 4.74 Å². The summed E-state index contributed by atoms with van der Waals surface area (Å²) in [5, 5.41) is 1.17. The highest BCUT2D eigenvalue weighted by molar-refractivity contribution is 5.79. The SMILES string of the molecule is Cc1ccc2cc(C(NN)C3CC4CCC3O4)ccc2n1. The largest absolute Gasteiger partial charge is 0.375 e. The summed E-state index contributed by atoms with van der Waals surface area (Å²) in [6.07, 6.45) is 4.30. The molecule has 0 spiro atoms. The number of rotatable bonds is 3. The lowest BCUT2D eigenvalue weighted by Gasteiger charge is -2.28. The van der Waals surface area contributed by atoms with E-state index in [0.717, 1.165) is 17.6 Å². The third kappa shape index (κ3) is 2.24. The Morgan fingerprint density at radius 1 is 1.29 bits per heavy atom. The molecule has 4 unspecified atom stereocenters. The maximum absolute atomic E-state index is 5.98. The summed E-state index contributed by atoms with van der Waals surface area (Å²) in [4.78, 5) is 4.56. The van der Waals surface area contributed by atoms with Crippen molar-refractivity contribution in [3.05, 3.63) is 41.6 Å². The number of hydrogen-bond acceptors (Lipinski definition) is 4. The number of aromatic nitrogens is 1. The Labute approximate surface area is 124 Å². The fourth-order valence-electron chi connectivity index (χ4n) is 3.93. The first-order valence-corrected chi connectivity index (χ1v) is 7.73. The van der Waals surface area contributed by atoms with Crippen molar-refractivity contribution in [3.8, 4) is 0 Å². The van der Waals surface area contributed by atoms with Crippen molar-refractivity contribution in [1.82, 2.24) is 10.4 Å². The Bertz CT molecular complexity index is 672. The van der Waals surface area contributed by atoms with Crippen LogP contribution in [-0.2, 0) is 4.74 Å². The third-order valence-electron chi connectivity index (χ3n) is 4.97. The molecule has 2 aliphatic heterocycles. The van der Waals surface area contributed by atoms with Gasteiger partial charge in [0.25, 0.3) is 0 Å². The monoisotopic (exact) mass is 283 g/mol. The molecule has 2 aromatic rings. The molecule has 2 saturated heterocycles. The molecule has 4 rings (SSSR count). The Hall–Kier alpha value is -1.49. The molecule has 1 aromatic heterocycles. The molecule has 3 heterocycles. The molecule has 0 saturated carbocycles. The van der Waals surface area contributed by atoms with Crippen molar-refractivity contribution >= 4 is 10.9 Å². The highest BCUT2D eigenvalue weighted by atomic mass is 16.5. The normalized spacial score (nSPS) is 29.1. The van der Waals surface area contributed by atoms with Gasteiger partial charge in [0.2, 0.25) is 0 Å². The van der Waals surface area contributed by atoms with E-state index in [1.807, 2.05) is 6.92 Å². The average Bonchev–Trinajstić information content (AvgIpc) is 3.11. The van der Waals surface area contributed by atoms with E-state index >= 15 is 0 Å². The minimum absolute atomic E-state index is 0.158. The Morgan fingerprint density at radius 2 is 2.19 bits per heavy atom. The van der Waals surface area contributed by atoms with Gasteiger partial charge in [-0.05, 0) is 49.9 Å². The Kier molecular flexibility index (Phi) is 3.17. The summed E-state index contributed by atoms with van der Waals surface area (Å²) in [6.45, 7) is 2.02. The lowest BCUT2D eigenvalue weighted by molar-refractivity contribution is 0.0857. The molecular weight excluding hydrogens is 262 g/mol. The predicted octanol–water partition coefficient (Wildman–Crippen LogP) is 2.62. The number of hydrogen-bond donors (Lipinski definition) is 2. The van der Waals surface area contributed by atoms with Crippen LogP contribution in [0.25, 0.3) is 10.9 Å². The standard InChI is InChI=1S/C17H21N3O/c1-10-2-3-11-8-12(4-6-15(11)19-10)17(20-18)14-9-13-5-7-16(14)21-13/h2-4,6,8,13-14,16-17,20H,5,7,9,18H2,1H3. The molecule has 4 heteroatoms. The van der Waals surface area contributed by atoms with Crippen molar-refractivity contribution < 1.29 is 4.74 Å². The summed E-state index contributed by atoms with van der Waals surface area (Å²) >= 11 is 0. The van der Waals surface area contributed by atoms with Crippen LogP contribution in [0.2, 0.25) is 0 Å². The third-order valence-corrected chi connectivity index (χ3v) is 4.97. The zero-order valence-corrected chi connectivity index (χ0v) is 12.3. The van der Waals surface area contributed by atoms with Crippen LogP contribution in [0, 0.1) is 12.8 Å². The number of benzene rings is 1. The van der Waals surface area contributed by atoms with Gasteiger partial charge in [-0.3, -0.25) is 16.3 Å². The molecule has 0 aliphatic carbocycles. The van der Waals surface area contributed by atoms with E-state index in [0.29, 0.717) is 18.1 Å². The molecule has 3 N–H and O–H groups in total. The van der Waals surface area contributed by atoms with Crippen LogP contribution in [0.3, 0.4) is 0 Å². The minimum Gasteiger partial charge on any atom is -0.375 e. The quantitative estimate of drug-likeness (QED) is 0.671. The molecule has 21 heavy (non-hydrogen) atoms. The second-order valence-electron chi connectivity index (χ2n) is 6.32. The zero-order valence-electron chi connectivity index (χ0n) is 12.3. The van der Waals surface area contributed by atoms with Gasteiger partial charge in [0, 0.05) is 17.0 Å². The number of nitrogens with one attached hydrogen (secondary N) is 1. The fourth-order valence-corrected chi connectivity index (χ4v) is 3.93. The second-order valence-corrected chi connectivity index (χ2v) is 6.32. The molecule has 2 aliphatic rings. The molecular formula is C17H21N3O. The predicted molar refractivity (Wildman–Crippen MR) is 82.5 cm³/mol. The van der Waals surface area contributed by atoms with Crippen molar-refractivity contribution in [3.63, 3.8) is 0 Å². The van der Waals surface area contributed by atoms with E-state index in [2.05, 4.69) is 40.7 Å². The van der Waals surface area contributed by atoms with Gasteiger partial charge in [0.1, 0.15) is 0 Å². The summed E-state index contributed by atoms with van der Waals surface area (Å²) in [7, 11) is 0. The summed E-state index contributed by atoms with van der Waals surface area (Å²) < 4.78 is 5.98. The lowest BCUT2D eigenvalue weighted by Crippen LogP contribution is -2.37. The molecule has 2 bridgehead atoms. The highest BCUT2D eigenvalue weighted by Gasteiger charge is 2.44. The van der Waals surface area contributed by atoms with Crippen molar-refractivity contribution in [1.29, 1.82) is 0 Å². The van der Waals surface area contributed by atoms with E-state index < -0.39 is 0 Å². The molecule has 0 radical (unpaired) electrons. The number of aryl methyl sites for hydroxylation is 1. The maximum Gasteiger partial charge on any atom is 0.0705 e. The molecule has 110 valence electrons. The molecule has 4 nitrogen and oxygen atoms in total. The van der Waals surface area contributed by atoms with Crippen LogP contribution in [0.5, 0.6) is 0 Å². The summed E-state index contributed by atoms with van der Waals surface area (Å²) in [5.74, 6) is 6.34. The number of nitrogens with zero attached hydrogens (tertiary/aromatic N) is 1. The van der Waals surface area contributed by atoms with E-state index in [9.17, 15) is 0 Å². The van der Waals surface area contributed by atoms with E-state index in [1.165, 1.54) is 23.8 Å². The lowest BCUT2D eigenvalue weighted by atomic mass is 9.81. The number of pyridine rings is 1. The topological polar surface area (TPSA) is 60.2 Å². The van der Waals surface area contributed by atoms with Crippen LogP contribution in [-0.4, -0.2) is 17.2 Å². The molecule has 0 amide bonds. The van der Waals surface area contributed by atoms with E-state index in [4.69, 9.17) is 10.6 Å². The van der Waals surface area contributed by atoms with Crippen LogP contribution in [0.1, 0.15) is 36.6 Å². The fraction of sp³-hybridized carbons (Fsp3) is 0.471.